The first-order valence-electron chi connectivity index (χ1n) is 10.1. The Balaban J connectivity index is 2.33. The highest BCUT2D eigenvalue weighted by Crippen LogP contribution is 2.26. The molecule has 2 amide bonds. The number of anilines is 2. The summed E-state index contributed by atoms with van der Waals surface area (Å²) >= 11 is 6.04. The Morgan fingerprint density at radius 3 is 2.42 bits per heavy atom. The number of halogens is 1. The molecule has 0 aromatic heterocycles. The number of hydrogen-bond donors (Lipinski definition) is 2. The van der Waals surface area contributed by atoms with Gasteiger partial charge in [-0.2, -0.15) is 0 Å². The summed E-state index contributed by atoms with van der Waals surface area (Å²) in [6, 6.07) is 11.9. The van der Waals surface area contributed by atoms with Gasteiger partial charge in [0.15, 0.2) is 0 Å². The van der Waals surface area contributed by atoms with Gasteiger partial charge in [0.25, 0.3) is 5.91 Å². The highest BCUT2D eigenvalue weighted by Gasteiger charge is 2.32. The van der Waals surface area contributed by atoms with Crippen LogP contribution >= 0.6 is 11.6 Å². The molecule has 0 aliphatic carbocycles. The number of amides is 2. The van der Waals surface area contributed by atoms with Crippen molar-refractivity contribution in [2.75, 3.05) is 22.4 Å². The summed E-state index contributed by atoms with van der Waals surface area (Å²) in [7, 11) is -3.79. The summed E-state index contributed by atoms with van der Waals surface area (Å²) in [4.78, 5) is 25.7. The fourth-order valence-corrected chi connectivity index (χ4v) is 4.54. The van der Waals surface area contributed by atoms with Crippen LogP contribution in [0.5, 0.6) is 0 Å². The Labute approximate surface area is 188 Å². The van der Waals surface area contributed by atoms with Crippen LogP contribution in [0.15, 0.2) is 48.5 Å². The van der Waals surface area contributed by atoms with Crippen LogP contribution in [0.2, 0.25) is 5.02 Å². The molecule has 0 aliphatic rings. The van der Waals surface area contributed by atoms with E-state index < -0.39 is 22.0 Å². The third-order valence-corrected chi connectivity index (χ3v) is 6.05. The highest BCUT2D eigenvalue weighted by atomic mass is 35.5. The molecular weight excluding hydrogens is 438 g/mol. The number of carbonyl (C=O) groups excluding carboxylic acids is 2. The minimum Gasteiger partial charge on any atom is -0.352 e. The van der Waals surface area contributed by atoms with Gasteiger partial charge in [0.05, 0.1) is 23.2 Å². The minimum atomic E-state index is -3.79. The Bertz CT molecular complexity index is 1030. The maximum atomic E-state index is 13.1. The van der Waals surface area contributed by atoms with Crippen molar-refractivity contribution in [1.82, 2.24) is 5.32 Å². The number of sulfonamides is 1. The number of para-hydroxylation sites is 1. The van der Waals surface area contributed by atoms with Gasteiger partial charge in [-0.3, -0.25) is 13.9 Å². The van der Waals surface area contributed by atoms with Gasteiger partial charge in [-0.25, -0.2) is 8.42 Å². The predicted octanol–water partition coefficient (Wildman–Crippen LogP) is 4.05. The molecule has 2 rings (SSSR count). The lowest BCUT2D eigenvalue weighted by molar-refractivity contribution is -0.117. The number of unbranched alkanes of at least 4 members (excludes halogenated alkanes) is 1. The topological polar surface area (TPSA) is 95.6 Å². The molecule has 2 N–H and O–H groups in total. The molecule has 1 atom stereocenters. The van der Waals surface area contributed by atoms with Crippen LogP contribution in [0.1, 0.15) is 43.5 Å². The Morgan fingerprint density at radius 1 is 1.10 bits per heavy atom. The Hall–Kier alpha value is -2.58. The Kier molecular flexibility index (Phi) is 8.88. The molecular formula is C22H28ClN3O4S. The molecule has 0 fully saturated rings. The summed E-state index contributed by atoms with van der Waals surface area (Å²) in [6.45, 7) is 4.28. The molecule has 0 unspecified atom stereocenters. The SMILES string of the molecule is CCCCNC(=O)c1ccccc1NC(=O)[C@H](CC)N(c1cccc(Cl)c1)S(C)(=O)=O. The maximum Gasteiger partial charge on any atom is 0.253 e. The zero-order chi connectivity index (χ0) is 23.0. The molecule has 7 nitrogen and oxygen atoms in total. The van der Waals surface area contributed by atoms with Crippen molar-refractivity contribution < 1.29 is 18.0 Å². The number of benzene rings is 2. The van der Waals surface area contributed by atoms with E-state index in [1.54, 1.807) is 49.4 Å². The van der Waals surface area contributed by atoms with E-state index in [1.807, 2.05) is 6.92 Å². The molecule has 2 aromatic carbocycles. The number of carbonyl (C=O) groups is 2. The molecule has 0 aliphatic heterocycles. The quantitative estimate of drug-likeness (QED) is 0.517. The smallest absolute Gasteiger partial charge is 0.253 e. The van der Waals surface area contributed by atoms with Crippen molar-refractivity contribution >= 4 is 44.8 Å². The van der Waals surface area contributed by atoms with E-state index in [0.717, 1.165) is 23.4 Å². The van der Waals surface area contributed by atoms with Crippen molar-refractivity contribution in [3.05, 3.63) is 59.1 Å². The summed E-state index contributed by atoms with van der Waals surface area (Å²) in [6.07, 6.45) is 3.05. The first kappa shape index (κ1) is 24.7. The van der Waals surface area contributed by atoms with Gasteiger partial charge < -0.3 is 10.6 Å². The summed E-state index contributed by atoms with van der Waals surface area (Å²) in [5, 5.41) is 5.91. The van der Waals surface area contributed by atoms with Gasteiger partial charge in [-0.1, -0.05) is 50.1 Å². The van der Waals surface area contributed by atoms with Crippen LogP contribution in [0, 0.1) is 0 Å². The second-order valence-corrected chi connectivity index (χ2v) is 9.40. The molecule has 2 aromatic rings. The third-order valence-electron chi connectivity index (χ3n) is 4.64. The van der Waals surface area contributed by atoms with Crippen molar-refractivity contribution in [3.8, 4) is 0 Å². The summed E-state index contributed by atoms with van der Waals surface area (Å²) in [5.41, 5.74) is 0.928. The van der Waals surface area contributed by atoms with Crippen molar-refractivity contribution in [3.63, 3.8) is 0 Å². The first-order valence-corrected chi connectivity index (χ1v) is 12.3. The standard InChI is InChI=1S/C22H28ClN3O4S/c1-4-6-14-24-21(27)18-12-7-8-13-19(18)25-22(28)20(5-2)26(31(3,29)30)17-11-9-10-16(23)15-17/h7-13,15,20H,4-6,14H2,1-3H3,(H,24,27)(H,25,28)/t20-/m0/s1. The molecule has 0 radical (unpaired) electrons. The van der Waals surface area contributed by atoms with E-state index in [2.05, 4.69) is 10.6 Å². The number of hydrogen-bond acceptors (Lipinski definition) is 4. The first-order chi connectivity index (χ1) is 14.7. The van der Waals surface area contributed by atoms with Crippen LogP contribution in [0.4, 0.5) is 11.4 Å². The second kappa shape index (κ2) is 11.2. The van der Waals surface area contributed by atoms with E-state index in [4.69, 9.17) is 11.6 Å². The maximum absolute atomic E-state index is 13.1. The zero-order valence-electron chi connectivity index (χ0n) is 17.9. The zero-order valence-corrected chi connectivity index (χ0v) is 19.5. The molecule has 0 spiro atoms. The van der Waals surface area contributed by atoms with Gasteiger partial charge in [-0.15, -0.1) is 0 Å². The summed E-state index contributed by atoms with van der Waals surface area (Å²) < 4.78 is 26.2. The third kappa shape index (κ3) is 6.70. The lowest BCUT2D eigenvalue weighted by atomic mass is 10.1. The van der Waals surface area contributed by atoms with Crippen LogP contribution in [0.25, 0.3) is 0 Å². The monoisotopic (exact) mass is 465 g/mol. The van der Waals surface area contributed by atoms with Crippen LogP contribution in [0.3, 0.4) is 0 Å². The van der Waals surface area contributed by atoms with E-state index >= 15 is 0 Å². The van der Waals surface area contributed by atoms with E-state index in [1.165, 1.54) is 6.07 Å². The van der Waals surface area contributed by atoms with E-state index in [0.29, 0.717) is 28.5 Å². The molecule has 0 saturated carbocycles. The molecule has 0 bridgehead atoms. The lowest BCUT2D eigenvalue weighted by Crippen LogP contribution is -2.47. The fraction of sp³-hybridized carbons (Fsp3) is 0.364. The molecule has 0 saturated heterocycles. The summed E-state index contributed by atoms with van der Waals surface area (Å²) in [5.74, 6) is -0.839. The molecule has 0 heterocycles. The predicted molar refractivity (Wildman–Crippen MR) is 125 cm³/mol. The van der Waals surface area contributed by atoms with Crippen molar-refractivity contribution in [1.29, 1.82) is 0 Å². The molecule has 168 valence electrons. The van der Waals surface area contributed by atoms with Crippen LogP contribution in [-0.4, -0.2) is 39.1 Å². The average Bonchev–Trinajstić information content (AvgIpc) is 2.71. The largest absolute Gasteiger partial charge is 0.352 e. The average molecular weight is 466 g/mol. The van der Waals surface area contributed by atoms with Crippen LogP contribution < -0.4 is 14.9 Å². The molecule has 31 heavy (non-hydrogen) atoms. The van der Waals surface area contributed by atoms with Crippen molar-refractivity contribution in [2.45, 2.75) is 39.2 Å². The number of nitrogens with one attached hydrogen (secondary N) is 2. The van der Waals surface area contributed by atoms with Crippen LogP contribution in [-0.2, 0) is 14.8 Å². The van der Waals surface area contributed by atoms with Gasteiger partial charge in [0.2, 0.25) is 15.9 Å². The number of rotatable bonds is 10. The highest BCUT2D eigenvalue weighted by molar-refractivity contribution is 7.92. The fourth-order valence-electron chi connectivity index (χ4n) is 3.15. The second-order valence-electron chi connectivity index (χ2n) is 7.11. The molecule has 9 heteroatoms. The van der Waals surface area contributed by atoms with Gasteiger partial charge in [-0.05, 0) is 43.2 Å². The minimum absolute atomic E-state index is 0.219. The van der Waals surface area contributed by atoms with Crippen molar-refractivity contribution in [2.24, 2.45) is 0 Å². The lowest BCUT2D eigenvalue weighted by Gasteiger charge is -2.30. The number of nitrogens with zero attached hydrogens (tertiary/aromatic N) is 1. The normalized spacial score (nSPS) is 12.1. The van der Waals surface area contributed by atoms with E-state index in [-0.39, 0.29) is 12.3 Å². The van der Waals surface area contributed by atoms with Gasteiger partial charge in [0, 0.05) is 11.6 Å². The van der Waals surface area contributed by atoms with Gasteiger partial charge >= 0.3 is 0 Å². The van der Waals surface area contributed by atoms with E-state index in [9.17, 15) is 18.0 Å². The Morgan fingerprint density at radius 2 is 1.81 bits per heavy atom. The van der Waals surface area contributed by atoms with Gasteiger partial charge in [0.1, 0.15) is 6.04 Å².